The van der Waals surface area contributed by atoms with Crippen molar-refractivity contribution in [2.45, 2.75) is 25.8 Å². The van der Waals surface area contributed by atoms with Crippen molar-refractivity contribution in [1.29, 1.82) is 0 Å². The molecule has 94 valence electrons. The van der Waals surface area contributed by atoms with Crippen LogP contribution in [0.25, 0.3) is 5.52 Å². The van der Waals surface area contributed by atoms with Gasteiger partial charge in [-0.25, -0.2) is 9.78 Å². The second kappa shape index (κ2) is 4.10. The Hall–Kier alpha value is -1.88. The van der Waals surface area contributed by atoms with Crippen molar-refractivity contribution in [3.63, 3.8) is 0 Å². The molecule has 0 aliphatic carbocycles. The summed E-state index contributed by atoms with van der Waals surface area (Å²) in [4.78, 5) is 15.6. The highest BCUT2D eigenvalue weighted by Gasteiger charge is 2.25. The Bertz CT molecular complexity index is 612. The van der Waals surface area contributed by atoms with Gasteiger partial charge in [-0.3, -0.25) is 0 Å². The maximum absolute atomic E-state index is 11.3. The second-order valence-electron chi connectivity index (χ2n) is 4.68. The SMILES string of the molecule is Cc1cccn2c(C3CCCN3)nc(C(=O)O)c12. The lowest BCUT2D eigenvalue weighted by atomic mass is 10.2. The number of fused-ring (bicyclic) bond motifs is 1. The molecule has 2 N–H and O–H groups in total. The molecule has 0 saturated carbocycles. The van der Waals surface area contributed by atoms with Crippen LogP contribution < -0.4 is 5.32 Å². The third-order valence-corrected chi connectivity index (χ3v) is 3.47. The van der Waals surface area contributed by atoms with Crippen molar-refractivity contribution in [2.75, 3.05) is 6.54 Å². The number of pyridine rings is 1. The molecule has 1 unspecified atom stereocenters. The summed E-state index contributed by atoms with van der Waals surface area (Å²) in [6, 6.07) is 4.00. The molecule has 0 spiro atoms. The number of carboxylic acids is 1. The zero-order valence-electron chi connectivity index (χ0n) is 10.2. The lowest BCUT2D eigenvalue weighted by molar-refractivity contribution is 0.0693. The van der Waals surface area contributed by atoms with Gasteiger partial charge in [-0.05, 0) is 37.9 Å². The van der Waals surface area contributed by atoms with E-state index in [1.807, 2.05) is 29.7 Å². The fourth-order valence-electron chi connectivity index (χ4n) is 2.63. The number of carbonyl (C=O) groups is 1. The van der Waals surface area contributed by atoms with Crippen molar-refractivity contribution in [2.24, 2.45) is 0 Å². The van der Waals surface area contributed by atoms with Crippen molar-refractivity contribution in [1.82, 2.24) is 14.7 Å². The van der Waals surface area contributed by atoms with Gasteiger partial charge in [0.1, 0.15) is 5.82 Å². The number of aryl methyl sites for hydroxylation is 1. The number of imidazole rings is 1. The van der Waals surface area contributed by atoms with Crippen LogP contribution in [-0.2, 0) is 0 Å². The molecular weight excluding hydrogens is 230 g/mol. The molecule has 0 aromatic carbocycles. The van der Waals surface area contributed by atoms with Crippen LogP contribution in [0.4, 0.5) is 0 Å². The molecule has 0 bridgehead atoms. The van der Waals surface area contributed by atoms with E-state index < -0.39 is 5.97 Å². The first-order chi connectivity index (χ1) is 8.68. The average Bonchev–Trinajstić information content (AvgIpc) is 2.95. The van der Waals surface area contributed by atoms with Crippen LogP contribution >= 0.6 is 0 Å². The third-order valence-electron chi connectivity index (χ3n) is 3.47. The van der Waals surface area contributed by atoms with Gasteiger partial charge in [-0.2, -0.15) is 0 Å². The smallest absolute Gasteiger partial charge is 0.356 e. The van der Waals surface area contributed by atoms with E-state index in [2.05, 4.69) is 10.3 Å². The first-order valence-electron chi connectivity index (χ1n) is 6.12. The molecule has 5 heteroatoms. The molecule has 0 radical (unpaired) electrons. The number of aromatic carboxylic acids is 1. The van der Waals surface area contributed by atoms with Gasteiger partial charge in [0.05, 0.1) is 11.6 Å². The summed E-state index contributed by atoms with van der Waals surface area (Å²) in [5, 5.41) is 12.6. The molecule has 1 fully saturated rings. The van der Waals surface area contributed by atoms with Gasteiger partial charge in [0.15, 0.2) is 5.69 Å². The third kappa shape index (κ3) is 1.59. The van der Waals surface area contributed by atoms with Crippen LogP contribution in [0, 0.1) is 6.92 Å². The predicted molar refractivity (Wildman–Crippen MR) is 66.9 cm³/mol. The molecule has 0 amide bonds. The summed E-state index contributed by atoms with van der Waals surface area (Å²) in [5.41, 5.74) is 1.79. The van der Waals surface area contributed by atoms with Crippen LogP contribution in [0.2, 0.25) is 0 Å². The first-order valence-corrected chi connectivity index (χ1v) is 6.12. The van der Waals surface area contributed by atoms with E-state index in [0.717, 1.165) is 30.8 Å². The Morgan fingerprint density at radius 3 is 3.11 bits per heavy atom. The number of aromatic nitrogens is 2. The Morgan fingerprint density at radius 1 is 1.61 bits per heavy atom. The van der Waals surface area contributed by atoms with E-state index in [1.165, 1.54) is 0 Å². The predicted octanol–water partition coefficient (Wildman–Crippen LogP) is 1.77. The van der Waals surface area contributed by atoms with Gasteiger partial charge in [0, 0.05) is 6.20 Å². The maximum Gasteiger partial charge on any atom is 0.356 e. The summed E-state index contributed by atoms with van der Waals surface area (Å²) < 4.78 is 1.90. The van der Waals surface area contributed by atoms with Gasteiger partial charge < -0.3 is 14.8 Å². The molecule has 1 aliphatic heterocycles. The van der Waals surface area contributed by atoms with Gasteiger partial charge in [-0.15, -0.1) is 0 Å². The monoisotopic (exact) mass is 245 g/mol. The zero-order valence-corrected chi connectivity index (χ0v) is 10.2. The Kier molecular flexibility index (Phi) is 2.56. The molecule has 2 aromatic rings. The van der Waals surface area contributed by atoms with Gasteiger partial charge in [0.2, 0.25) is 0 Å². The number of nitrogens with zero attached hydrogens (tertiary/aromatic N) is 2. The van der Waals surface area contributed by atoms with Crippen LogP contribution in [0.1, 0.15) is 40.8 Å². The maximum atomic E-state index is 11.3. The van der Waals surface area contributed by atoms with Crippen LogP contribution in [0.3, 0.4) is 0 Å². The normalized spacial score (nSPS) is 19.5. The topological polar surface area (TPSA) is 66.6 Å². The fourth-order valence-corrected chi connectivity index (χ4v) is 2.63. The largest absolute Gasteiger partial charge is 0.476 e. The quantitative estimate of drug-likeness (QED) is 0.846. The lowest BCUT2D eigenvalue weighted by Gasteiger charge is -2.09. The van der Waals surface area contributed by atoms with Gasteiger partial charge in [0.25, 0.3) is 0 Å². The van der Waals surface area contributed by atoms with Crippen LogP contribution in [-0.4, -0.2) is 27.0 Å². The number of rotatable bonds is 2. The minimum Gasteiger partial charge on any atom is -0.476 e. The molecule has 1 aliphatic rings. The zero-order chi connectivity index (χ0) is 12.7. The average molecular weight is 245 g/mol. The van der Waals surface area contributed by atoms with Crippen molar-refractivity contribution >= 4 is 11.5 Å². The number of hydrogen-bond donors (Lipinski definition) is 2. The van der Waals surface area contributed by atoms with E-state index in [4.69, 9.17) is 0 Å². The Labute approximate surface area is 104 Å². The van der Waals surface area contributed by atoms with Crippen molar-refractivity contribution < 1.29 is 9.90 Å². The molecular formula is C13H15N3O2. The van der Waals surface area contributed by atoms with E-state index in [9.17, 15) is 9.90 Å². The molecule has 18 heavy (non-hydrogen) atoms. The second-order valence-corrected chi connectivity index (χ2v) is 4.68. The summed E-state index contributed by atoms with van der Waals surface area (Å²) in [5.74, 6) is -0.158. The van der Waals surface area contributed by atoms with E-state index in [1.54, 1.807) is 0 Å². The van der Waals surface area contributed by atoms with E-state index in [0.29, 0.717) is 5.52 Å². The summed E-state index contributed by atoms with van der Waals surface area (Å²) in [6.07, 6.45) is 4.00. The highest BCUT2D eigenvalue weighted by Crippen LogP contribution is 2.26. The Morgan fingerprint density at radius 2 is 2.44 bits per heavy atom. The minimum absolute atomic E-state index is 0.150. The highest BCUT2D eigenvalue weighted by molar-refractivity contribution is 5.94. The molecule has 1 saturated heterocycles. The Balaban J connectivity index is 2.26. The van der Waals surface area contributed by atoms with E-state index in [-0.39, 0.29) is 11.7 Å². The van der Waals surface area contributed by atoms with E-state index >= 15 is 0 Å². The molecule has 5 nitrogen and oxygen atoms in total. The van der Waals surface area contributed by atoms with Gasteiger partial charge in [-0.1, -0.05) is 6.07 Å². The number of hydrogen-bond acceptors (Lipinski definition) is 3. The molecule has 3 heterocycles. The minimum atomic E-state index is -0.967. The molecule has 3 rings (SSSR count). The molecule has 1 atom stereocenters. The van der Waals surface area contributed by atoms with Crippen molar-refractivity contribution in [3.8, 4) is 0 Å². The van der Waals surface area contributed by atoms with Gasteiger partial charge >= 0.3 is 5.97 Å². The van der Waals surface area contributed by atoms with Crippen LogP contribution in [0.15, 0.2) is 18.3 Å². The lowest BCUT2D eigenvalue weighted by Crippen LogP contribution is -2.15. The first kappa shape index (κ1) is 11.2. The standard InChI is InChI=1S/C13H15N3O2/c1-8-4-3-7-16-11(8)10(13(17)18)15-12(16)9-5-2-6-14-9/h3-4,7,9,14H,2,5-6H2,1H3,(H,17,18). The highest BCUT2D eigenvalue weighted by atomic mass is 16.4. The summed E-state index contributed by atoms with van der Waals surface area (Å²) >= 11 is 0. The number of carboxylic acid groups (broad SMARTS) is 1. The summed E-state index contributed by atoms with van der Waals surface area (Å²) in [6.45, 7) is 2.88. The van der Waals surface area contributed by atoms with Crippen molar-refractivity contribution in [3.05, 3.63) is 35.4 Å². The molecule has 2 aromatic heterocycles. The van der Waals surface area contributed by atoms with Crippen LogP contribution in [0.5, 0.6) is 0 Å². The summed E-state index contributed by atoms with van der Waals surface area (Å²) in [7, 11) is 0. The number of nitrogens with one attached hydrogen (secondary N) is 1. The fraction of sp³-hybridized carbons (Fsp3) is 0.385.